The third-order valence-electron chi connectivity index (χ3n) is 7.90. The van der Waals surface area contributed by atoms with Gasteiger partial charge in [-0.1, -0.05) is 0 Å². The van der Waals surface area contributed by atoms with E-state index in [4.69, 9.17) is 15.5 Å². The highest BCUT2D eigenvalue weighted by Crippen LogP contribution is 2.39. The van der Waals surface area contributed by atoms with E-state index in [0.717, 1.165) is 18.9 Å². The summed E-state index contributed by atoms with van der Waals surface area (Å²) in [4.78, 5) is 24.0. The molecule has 37 heavy (non-hydrogen) atoms. The third kappa shape index (κ3) is 3.51. The van der Waals surface area contributed by atoms with Crippen molar-refractivity contribution in [1.82, 2.24) is 24.0 Å². The van der Waals surface area contributed by atoms with E-state index in [1.165, 1.54) is 13.2 Å². The van der Waals surface area contributed by atoms with Gasteiger partial charge in [0.1, 0.15) is 22.6 Å². The third-order valence-corrected chi connectivity index (χ3v) is 7.90. The molecular weight excluding hydrogens is 485 g/mol. The Morgan fingerprint density at radius 3 is 2.59 bits per heavy atom. The highest BCUT2D eigenvalue weighted by atomic mass is 19.4. The Morgan fingerprint density at radius 2 is 1.97 bits per heavy atom. The minimum atomic E-state index is -4.54. The first kappa shape index (κ1) is 23.8. The number of benzene rings is 1. The average Bonchev–Trinajstić information content (AvgIpc) is 3.61. The van der Waals surface area contributed by atoms with Crippen LogP contribution >= 0.6 is 0 Å². The molecule has 2 aliphatic rings. The first-order chi connectivity index (χ1) is 17.6. The normalized spacial score (nSPS) is 21.5. The van der Waals surface area contributed by atoms with Crippen molar-refractivity contribution >= 4 is 28.0 Å². The van der Waals surface area contributed by atoms with E-state index in [1.807, 2.05) is 23.4 Å². The van der Waals surface area contributed by atoms with Crippen LogP contribution in [0.5, 0.6) is 5.75 Å². The zero-order valence-corrected chi connectivity index (χ0v) is 20.7. The van der Waals surface area contributed by atoms with Crippen LogP contribution in [-0.4, -0.2) is 55.6 Å². The molecule has 194 valence electrons. The number of amides is 1. The van der Waals surface area contributed by atoms with Gasteiger partial charge in [-0.2, -0.15) is 13.2 Å². The molecule has 4 heterocycles. The molecule has 2 unspecified atom stereocenters. The lowest BCUT2D eigenvalue weighted by Crippen LogP contribution is -2.41. The lowest BCUT2D eigenvalue weighted by molar-refractivity contribution is -0.141. The maximum atomic E-state index is 13.5. The molecule has 1 saturated heterocycles. The lowest BCUT2D eigenvalue weighted by atomic mass is 10.1. The molecule has 1 aromatic carbocycles. The largest absolute Gasteiger partial charge is 0.494 e. The summed E-state index contributed by atoms with van der Waals surface area (Å²) in [6.07, 6.45) is -2.58. The molecule has 3 aromatic heterocycles. The molecule has 6 rings (SSSR count). The van der Waals surface area contributed by atoms with Crippen LogP contribution < -0.4 is 10.5 Å². The summed E-state index contributed by atoms with van der Waals surface area (Å²) >= 11 is 0. The molecule has 1 amide bonds. The zero-order chi connectivity index (χ0) is 26.2. The summed E-state index contributed by atoms with van der Waals surface area (Å²) in [6, 6.07) is 7.73. The van der Waals surface area contributed by atoms with E-state index >= 15 is 0 Å². The molecule has 1 aliphatic carbocycles. The van der Waals surface area contributed by atoms with Crippen LogP contribution in [0.1, 0.15) is 35.8 Å². The number of nitrogens with two attached hydrogens (primary N) is 1. The van der Waals surface area contributed by atoms with Gasteiger partial charge in [0.25, 0.3) is 5.91 Å². The van der Waals surface area contributed by atoms with E-state index < -0.39 is 11.9 Å². The Balaban J connectivity index is 1.47. The van der Waals surface area contributed by atoms with Gasteiger partial charge in [-0.3, -0.25) is 4.79 Å². The minimum Gasteiger partial charge on any atom is -0.494 e. The Bertz CT molecular complexity index is 1560. The van der Waals surface area contributed by atoms with Crippen LogP contribution in [0.4, 0.5) is 13.2 Å². The molecule has 1 saturated carbocycles. The van der Waals surface area contributed by atoms with Crippen molar-refractivity contribution in [2.24, 2.45) is 18.7 Å². The number of piperidine rings is 1. The second-order valence-corrected chi connectivity index (χ2v) is 9.86. The van der Waals surface area contributed by atoms with Gasteiger partial charge in [0, 0.05) is 43.2 Å². The monoisotopic (exact) mass is 512 g/mol. The summed E-state index contributed by atoms with van der Waals surface area (Å²) in [5.41, 5.74) is 7.96. The number of hydrogen-bond donors (Lipinski definition) is 1. The van der Waals surface area contributed by atoms with Crippen LogP contribution in [0.3, 0.4) is 0 Å². The fourth-order valence-corrected chi connectivity index (χ4v) is 6.06. The van der Waals surface area contributed by atoms with Crippen molar-refractivity contribution in [3.63, 3.8) is 0 Å². The Morgan fingerprint density at radius 1 is 1.19 bits per heavy atom. The Hall–Kier alpha value is -3.60. The number of carbonyl (C=O) groups is 1. The summed E-state index contributed by atoms with van der Waals surface area (Å²) in [7, 11) is 3.36. The number of pyridine rings is 1. The van der Waals surface area contributed by atoms with E-state index in [0.29, 0.717) is 58.3 Å². The molecule has 4 aromatic rings. The van der Waals surface area contributed by atoms with Crippen LogP contribution in [0.2, 0.25) is 0 Å². The van der Waals surface area contributed by atoms with Gasteiger partial charge in [-0.15, -0.1) is 0 Å². The van der Waals surface area contributed by atoms with Crippen LogP contribution in [0.25, 0.3) is 33.6 Å². The summed E-state index contributed by atoms with van der Waals surface area (Å²) in [5.74, 6) is 1.27. The molecule has 11 heteroatoms. The Kier molecular flexibility index (Phi) is 5.27. The number of rotatable bonds is 4. The number of fused-ring (bicyclic) bond motifs is 4. The lowest BCUT2D eigenvalue weighted by Gasteiger charge is -2.27. The number of hydrogen-bond acceptors (Lipinski definition) is 5. The van der Waals surface area contributed by atoms with Gasteiger partial charge in [-0.05, 0) is 56.0 Å². The van der Waals surface area contributed by atoms with Crippen molar-refractivity contribution < 1.29 is 22.7 Å². The van der Waals surface area contributed by atoms with Gasteiger partial charge in [0.15, 0.2) is 5.82 Å². The molecule has 1 aliphatic heterocycles. The van der Waals surface area contributed by atoms with Gasteiger partial charge in [0.2, 0.25) is 0 Å². The van der Waals surface area contributed by atoms with Crippen molar-refractivity contribution in [2.75, 3.05) is 13.7 Å². The second-order valence-electron chi connectivity index (χ2n) is 9.86. The average molecular weight is 513 g/mol. The fraction of sp³-hybridized carbons (Fsp3) is 0.423. The molecule has 3 atom stereocenters. The van der Waals surface area contributed by atoms with Crippen molar-refractivity contribution in [3.8, 4) is 17.3 Å². The summed E-state index contributed by atoms with van der Waals surface area (Å²) in [5, 5.41) is 0.583. The smallest absolute Gasteiger partial charge is 0.433 e. The number of alkyl halides is 3. The van der Waals surface area contributed by atoms with E-state index in [2.05, 4.69) is 4.98 Å². The Labute approximate surface area is 210 Å². The van der Waals surface area contributed by atoms with E-state index in [9.17, 15) is 18.0 Å². The molecule has 8 nitrogen and oxygen atoms in total. The number of nitrogens with zero attached hydrogens (tertiary/aromatic N) is 5. The molecule has 2 fully saturated rings. The first-order valence-corrected chi connectivity index (χ1v) is 12.3. The molecule has 2 bridgehead atoms. The maximum absolute atomic E-state index is 13.5. The number of methoxy groups -OCH3 is 1. The summed E-state index contributed by atoms with van der Waals surface area (Å²) < 4.78 is 49.2. The van der Waals surface area contributed by atoms with Crippen molar-refractivity contribution in [3.05, 3.63) is 41.6 Å². The maximum Gasteiger partial charge on any atom is 0.433 e. The van der Waals surface area contributed by atoms with Crippen molar-refractivity contribution in [1.29, 1.82) is 0 Å². The standard InChI is InChI=1S/C26H27F3N6O2/c1-4-34-18(10-13-6-8-20(26(27,28)29)32-23(13)34)24-31-16-9-15(11-19(37-3)22(16)33(24)2)25(36)35-12-14-5-7-17(35)21(14)30/h6,8-11,14,17,21H,4-5,7,12,30H2,1-3H3/t14-,17?,21?/m1/s1. The van der Waals surface area contributed by atoms with E-state index in [1.54, 1.807) is 22.8 Å². The number of likely N-dealkylation sites (tertiary alicyclic amines) is 1. The minimum absolute atomic E-state index is 0.0125. The quantitative estimate of drug-likeness (QED) is 0.443. The predicted octanol–water partition coefficient (Wildman–Crippen LogP) is 4.20. The highest BCUT2D eigenvalue weighted by Gasteiger charge is 2.47. The van der Waals surface area contributed by atoms with E-state index in [-0.39, 0.29) is 23.6 Å². The number of aromatic nitrogens is 4. The van der Waals surface area contributed by atoms with Crippen molar-refractivity contribution in [2.45, 2.75) is 44.6 Å². The SMILES string of the molecule is CCn1c(-c2nc3cc(C(=O)N4C[C@H]5CCC4C5N)cc(OC)c3n2C)cc2ccc(C(F)(F)F)nc21. The number of halogens is 3. The van der Waals surface area contributed by atoms with Gasteiger partial charge < -0.3 is 24.5 Å². The van der Waals surface area contributed by atoms with Gasteiger partial charge in [-0.25, -0.2) is 9.97 Å². The van der Waals surface area contributed by atoms with Crippen LogP contribution in [0, 0.1) is 5.92 Å². The van der Waals surface area contributed by atoms with Gasteiger partial charge >= 0.3 is 6.18 Å². The number of ether oxygens (including phenoxy) is 1. The molecule has 0 spiro atoms. The summed E-state index contributed by atoms with van der Waals surface area (Å²) in [6.45, 7) is 2.90. The van der Waals surface area contributed by atoms with Gasteiger partial charge in [0.05, 0.1) is 18.3 Å². The zero-order valence-electron chi connectivity index (χ0n) is 20.7. The van der Waals surface area contributed by atoms with Crippen LogP contribution in [0.15, 0.2) is 30.3 Å². The molecule has 2 N–H and O–H groups in total. The molecular formula is C26H27F3N6O2. The number of carbonyl (C=O) groups excluding carboxylic acids is 1. The highest BCUT2D eigenvalue weighted by molar-refractivity contribution is 6.00. The number of imidazole rings is 1. The predicted molar refractivity (Wildman–Crippen MR) is 132 cm³/mol. The number of aryl methyl sites for hydroxylation is 2. The topological polar surface area (TPSA) is 91.2 Å². The first-order valence-electron chi connectivity index (χ1n) is 12.3. The fourth-order valence-electron chi connectivity index (χ4n) is 6.06. The van der Waals surface area contributed by atoms with Crippen LogP contribution in [-0.2, 0) is 19.8 Å². The second kappa shape index (κ2) is 8.20. The molecule has 0 radical (unpaired) electrons.